The van der Waals surface area contributed by atoms with Gasteiger partial charge in [0.2, 0.25) is 5.88 Å². The van der Waals surface area contributed by atoms with Gasteiger partial charge in [-0.2, -0.15) is 0 Å². The molecule has 1 amide bonds. The van der Waals surface area contributed by atoms with Crippen LogP contribution in [0.2, 0.25) is 0 Å². The van der Waals surface area contributed by atoms with Crippen LogP contribution in [0.4, 0.5) is 5.69 Å². The van der Waals surface area contributed by atoms with Gasteiger partial charge in [0.05, 0.1) is 18.5 Å². The van der Waals surface area contributed by atoms with Crippen molar-refractivity contribution < 1.29 is 9.53 Å². The van der Waals surface area contributed by atoms with Crippen LogP contribution in [0.5, 0.6) is 5.88 Å². The fourth-order valence-electron chi connectivity index (χ4n) is 2.13. The van der Waals surface area contributed by atoms with E-state index in [9.17, 15) is 4.79 Å². The van der Waals surface area contributed by atoms with Crippen LogP contribution in [0.25, 0.3) is 0 Å². The highest BCUT2D eigenvalue weighted by molar-refractivity contribution is 5.95. The van der Waals surface area contributed by atoms with Crippen molar-refractivity contribution in [2.75, 3.05) is 12.3 Å². The Labute approximate surface area is 100 Å². The number of nitrogens with two attached hydrogens (primary N) is 2. The topological polar surface area (TPSA) is 91.2 Å². The van der Waals surface area contributed by atoms with Gasteiger partial charge in [0.25, 0.3) is 5.91 Å². The van der Waals surface area contributed by atoms with Gasteiger partial charge < -0.3 is 16.2 Å². The molecule has 2 rings (SSSR count). The van der Waals surface area contributed by atoms with Crippen molar-refractivity contribution in [1.82, 2.24) is 4.98 Å². The fraction of sp³-hybridized carbons (Fsp3) is 0.500. The predicted octanol–water partition coefficient (Wildman–Crippen LogP) is 1.33. The van der Waals surface area contributed by atoms with Crippen molar-refractivity contribution in [2.45, 2.75) is 25.7 Å². The lowest BCUT2D eigenvalue weighted by molar-refractivity contribution is 0.0994. The Morgan fingerprint density at radius 2 is 2.18 bits per heavy atom. The SMILES string of the molecule is NC(=O)c1cc(N)cnc1OCC1CCCC1. The zero-order valence-electron chi connectivity index (χ0n) is 9.69. The molecule has 0 aromatic carbocycles. The van der Waals surface area contributed by atoms with Crippen LogP contribution in [0, 0.1) is 5.92 Å². The average Bonchev–Trinajstić information content (AvgIpc) is 2.80. The van der Waals surface area contributed by atoms with Gasteiger partial charge in [0.15, 0.2) is 0 Å². The second-order valence-corrected chi connectivity index (χ2v) is 4.45. The van der Waals surface area contributed by atoms with E-state index < -0.39 is 5.91 Å². The summed E-state index contributed by atoms with van der Waals surface area (Å²) in [5.74, 6) is 0.292. The summed E-state index contributed by atoms with van der Waals surface area (Å²) in [6.07, 6.45) is 6.34. The number of carbonyl (C=O) groups excluding carboxylic acids is 1. The van der Waals surface area contributed by atoms with E-state index in [2.05, 4.69) is 4.98 Å². The van der Waals surface area contributed by atoms with E-state index in [1.165, 1.54) is 37.9 Å². The number of hydrogen-bond acceptors (Lipinski definition) is 4. The molecule has 92 valence electrons. The number of anilines is 1. The smallest absolute Gasteiger partial charge is 0.254 e. The zero-order valence-corrected chi connectivity index (χ0v) is 9.69. The van der Waals surface area contributed by atoms with E-state index in [1.54, 1.807) is 0 Å². The third-order valence-corrected chi connectivity index (χ3v) is 3.07. The molecule has 1 saturated carbocycles. The Balaban J connectivity index is 2.06. The lowest BCUT2D eigenvalue weighted by atomic mass is 10.1. The lowest BCUT2D eigenvalue weighted by Gasteiger charge is -2.12. The highest BCUT2D eigenvalue weighted by Gasteiger charge is 2.18. The van der Waals surface area contributed by atoms with Crippen molar-refractivity contribution in [3.05, 3.63) is 17.8 Å². The summed E-state index contributed by atoms with van der Waals surface area (Å²) >= 11 is 0. The standard InChI is InChI=1S/C12H17N3O2/c13-9-5-10(11(14)16)12(15-6-9)17-7-8-3-1-2-4-8/h5-6,8H,1-4,7,13H2,(H2,14,16). The number of ether oxygens (including phenoxy) is 1. The average molecular weight is 235 g/mol. The first-order valence-electron chi connectivity index (χ1n) is 5.85. The number of hydrogen-bond donors (Lipinski definition) is 2. The maximum atomic E-state index is 11.2. The molecule has 0 saturated heterocycles. The molecule has 0 unspecified atom stereocenters. The highest BCUT2D eigenvalue weighted by atomic mass is 16.5. The third kappa shape index (κ3) is 2.87. The molecule has 0 aliphatic heterocycles. The van der Waals surface area contributed by atoms with Crippen LogP contribution in [-0.2, 0) is 0 Å². The zero-order chi connectivity index (χ0) is 12.3. The van der Waals surface area contributed by atoms with Gasteiger partial charge in [-0.15, -0.1) is 0 Å². The molecule has 5 heteroatoms. The molecule has 1 aliphatic rings. The molecular formula is C12H17N3O2. The number of carbonyl (C=O) groups is 1. The highest BCUT2D eigenvalue weighted by Crippen LogP contribution is 2.26. The van der Waals surface area contributed by atoms with Gasteiger partial charge in [-0.05, 0) is 24.8 Å². The molecule has 0 spiro atoms. The molecule has 17 heavy (non-hydrogen) atoms. The molecule has 4 N–H and O–H groups in total. The lowest BCUT2D eigenvalue weighted by Crippen LogP contribution is -2.16. The number of primary amides is 1. The molecular weight excluding hydrogens is 218 g/mol. The molecule has 1 fully saturated rings. The molecule has 0 radical (unpaired) electrons. The van der Waals surface area contributed by atoms with E-state index >= 15 is 0 Å². The predicted molar refractivity (Wildman–Crippen MR) is 64.6 cm³/mol. The Hall–Kier alpha value is -1.78. The van der Waals surface area contributed by atoms with Crippen molar-refractivity contribution in [2.24, 2.45) is 11.7 Å². The summed E-state index contributed by atoms with van der Waals surface area (Å²) in [5.41, 5.74) is 11.5. The first-order valence-corrected chi connectivity index (χ1v) is 5.85. The van der Waals surface area contributed by atoms with Crippen LogP contribution in [-0.4, -0.2) is 17.5 Å². The Bertz CT molecular complexity index is 414. The summed E-state index contributed by atoms with van der Waals surface area (Å²) in [6, 6.07) is 1.50. The Kier molecular flexibility index (Phi) is 3.46. The number of pyridine rings is 1. The van der Waals surface area contributed by atoms with Crippen LogP contribution >= 0.6 is 0 Å². The molecule has 1 aliphatic carbocycles. The van der Waals surface area contributed by atoms with E-state index in [4.69, 9.17) is 16.2 Å². The van der Waals surface area contributed by atoms with Gasteiger partial charge in [-0.1, -0.05) is 12.8 Å². The minimum atomic E-state index is -0.564. The quantitative estimate of drug-likeness (QED) is 0.823. The van der Waals surface area contributed by atoms with Crippen LogP contribution in [0.15, 0.2) is 12.3 Å². The minimum absolute atomic E-state index is 0.253. The first kappa shape index (κ1) is 11.7. The van der Waals surface area contributed by atoms with Crippen molar-refractivity contribution in [1.29, 1.82) is 0 Å². The van der Waals surface area contributed by atoms with Crippen molar-refractivity contribution in [3.8, 4) is 5.88 Å². The maximum Gasteiger partial charge on any atom is 0.254 e. The van der Waals surface area contributed by atoms with Gasteiger partial charge in [-0.25, -0.2) is 4.98 Å². The summed E-state index contributed by atoms with van der Waals surface area (Å²) in [6.45, 7) is 0.594. The monoisotopic (exact) mass is 235 g/mol. The minimum Gasteiger partial charge on any atom is -0.477 e. The molecule has 0 bridgehead atoms. The van der Waals surface area contributed by atoms with Gasteiger partial charge in [0.1, 0.15) is 5.56 Å². The summed E-state index contributed by atoms with van der Waals surface area (Å²) in [7, 11) is 0. The molecule has 1 aromatic rings. The van der Waals surface area contributed by atoms with Gasteiger partial charge in [-0.3, -0.25) is 4.79 Å². The Morgan fingerprint density at radius 3 is 2.82 bits per heavy atom. The normalized spacial score (nSPS) is 16.0. The molecule has 1 aromatic heterocycles. The molecule has 5 nitrogen and oxygen atoms in total. The summed E-state index contributed by atoms with van der Waals surface area (Å²) in [5, 5.41) is 0. The molecule has 1 heterocycles. The first-order chi connectivity index (χ1) is 8.16. The maximum absolute atomic E-state index is 11.2. The number of nitrogens with zero attached hydrogens (tertiary/aromatic N) is 1. The summed E-state index contributed by atoms with van der Waals surface area (Å²) in [4.78, 5) is 15.2. The largest absolute Gasteiger partial charge is 0.477 e. The van der Waals surface area contributed by atoms with Crippen LogP contribution < -0.4 is 16.2 Å². The van der Waals surface area contributed by atoms with Crippen LogP contribution in [0.1, 0.15) is 36.0 Å². The number of aromatic nitrogens is 1. The number of rotatable bonds is 4. The Morgan fingerprint density at radius 1 is 1.47 bits per heavy atom. The van der Waals surface area contributed by atoms with E-state index in [0.717, 1.165) is 0 Å². The number of amides is 1. The number of nitrogen functional groups attached to an aromatic ring is 1. The van der Waals surface area contributed by atoms with Gasteiger partial charge >= 0.3 is 0 Å². The van der Waals surface area contributed by atoms with E-state index in [1.807, 2.05) is 0 Å². The fourth-order valence-corrected chi connectivity index (χ4v) is 2.13. The second kappa shape index (κ2) is 5.03. The van der Waals surface area contributed by atoms with Crippen LogP contribution in [0.3, 0.4) is 0 Å². The van der Waals surface area contributed by atoms with Gasteiger partial charge in [0, 0.05) is 0 Å². The summed E-state index contributed by atoms with van der Waals surface area (Å²) < 4.78 is 5.57. The van der Waals surface area contributed by atoms with E-state index in [-0.39, 0.29) is 5.56 Å². The van der Waals surface area contributed by atoms with Crippen molar-refractivity contribution >= 4 is 11.6 Å². The van der Waals surface area contributed by atoms with Crippen molar-refractivity contribution in [3.63, 3.8) is 0 Å². The van der Waals surface area contributed by atoms with E-state index in [0.29, 0.717) is 24.1 Å². The second-order valence-electron chi connectivity index (χ2n) is 4.45. The molecule has 0 atom stereocenters. The third-order valence-electron chi connectivity index (χ3n) is 3.07.